The van der Waals surface area contributed by atoms with Gasteiger partial charge in [0.15, 0.2) is 0 Å². The van der Waals surface area contributed by atoms with Gasteiger partial charge in [-0.2, -0.15) is 4.31 Å². The summed E-state index contributed by atoms with van der Waals surface area (Å²) in [6, 6.07) is 13.0. The second kappa shape index (κ2) is 7.34. The van der Waals surface area contributed by atoms with Gasteiger partial charge < -0.3 is 5.32 Å². The van der Waals surface area contributed by atoms with Gasteiger partial charge in [0.2, 0.25) is 15.9 Å². The minimum atomic E-state index is -3.41. The van der Waals surface area contributed by atoms with Crippen molar-refractivity contribution in [2.75, 3.05) is 11.9 Å². The fourth-order valence-corrected chi connectivity index (χ4v) is 6.03. The molecule has 1 amide bonds. The van der Waals surface area contributed by atoms with Crippen LogP contribution in [0.25, 0.3) is 10.8 Å². The van der Waals surface area contributed by atoms with Crippen LogP contribution in [0.1, 0.15) is 29.9 Å². The van der Waals surface area contributed by atoms with Gasteiger partial charge >= 0.3 is 0 Å². The number of benzene rings is 2. The zero-order chi connectivity index (χ0) is 20.9. The highest BCUT2D eigenvalue weighted by molar-refractivity contribution is 7.90. The van der Waals surface area contributed by atoms with Crippen molar-refractivity contribution in [2.24, 2.45) is 0 Å². The molecule has 0 bridgehead atoms. The number of carbonyl (C=O) groups excluding carboxylic acids is 1. The first-order valence-corrected chi connectivity index (χ1v) is 11.7. The first-order valence-electron chi connectivity index (χ1n) is 9.84. The van der Waals surface area contributed by atoms with Gasteiger partial charge in [0.1, 0.15) is 0 Å². The number of amides is 1. The molecule has 30 heavy (non-hydrogen) atoms. The van der Waals surface area contributed by atoms with Gasteiger partial charge in [-0.1, -0.05) is 41.9 Å². The van der Waals surface area contributed by atoms with Crippen molar-refractivity contribution in [3.63, 3.8) is 0 Å². The Hall–Kier alpha value is -2.48. The zero-order valence-electron chi connectivity index (χ0n) is 16.1. The Kier molecular flexibility index (Phi) is 4.76. The lowest BCUT2D eigenvalue weighted by molar-refractivity contribution is -0.118. The third-order valence-corrected chi connectivity index (χ3v) is 8.31. The summed E-state index contributed by atoms with van der Waals surface area (Å²) in [5.41, 5.74) is 2.19. The minimum absolute atomic E-state index is 0.107. The Bertz CT molecular complexity index is 1250. The molecule has 2 heterocycles. The number of anilines is 1. The fraction of sp³-hybridized carbons (Fsp3) is 0.273. The standard InChI is InChI=1S/C22H20ClN3O3S/c23-16-6-5-15-12-26(30(28,29)17-7-8-17)13-20(19(15)9-16)22(27)25-21-11-24-10-14-3-1-2-4-18(14)21/h1-6,9-11,17,20H,7-8,12-13H2,(H,25,27). The molecule has 1 aromatic heterocycles. The van der Waals surface area contributed by atoms with Crippen LogP contribution < -0.4 is 5.32 Å². The van der Waals surface area contributed by atoms with Crippen LogP contribution in [-0.2, 0) is 21.4 Å². The smallest absolute Gasteiger partial charge is 0.233 e. The van der Waals surface area contributed by atoms with Crippen LogP contribution in [-0.4, -0.2) is 35.4 Å². The number of fused-ring (bicyclic) bond motifs is 2. The molecule has 1 unspecified atom stereocenters. The van der Waals surface area contributed by atoms with Crippen molar-refractivity contribution in [3.05, 3.63) is 71.0 Å². The fourth-order valence-electron chi connectivity index (χ4n) is 4.02. The molecular formula is C22H20ClN3O3S. The summed E-state index contributed by atoms with van der Waals surface area (Å²) in [6.45, 7) is 0.376. The van der Waals surface area contributed by atoms with Crippen LogP contribution in [0.5, 0.6) is 0 Å². The van der Waals surface area contributed by atoms with Crippen molar-refractivity contribution < 1.29 is 13.2 Å². The van der Waals surface area contributed by atoms with E-state index in [0.29, 0.717) is 23.6 Å². The molecule has 1 aliphatic heterocycles. The van der Waals surface area contributed by atoms with Crippen molar-refractivity contribution in [2.45, 2.75) is 30.6 Å². The molecule has 5 rings (SSSR count). The van der Waals surface area contributed by atoms with Gasteiger partial charge in [0, 0.05) is 35.1 Å². The summed E-state index contributed by atoms with van der Waals surface area (Å²) in [4.78, 5) is 17.6. The average molecular weight is 442 g/mol. The maximum absolute atomic E-state index is 13.3. The van der Waals surface area contributed by atoms with Gasteiger partial charge in [0.05, 0.1) is 23.1 Å². The number of hydrogen-bond donors (Lipinski definition) is 1. The maximum atomic E-state index is 13.3. The second-order valence-electron chi connectivity index (χ2n) is 7.83. The van der Waals surface area contributed by atoms with E-state index in [4.69, 9.17) is 11.6 Å². The predicted molar refractivity (Wildman–Crippen MR) is 117 cm³/mol. The van der Waals surface area contributed by atoms with Crippen molar-refractivity contribution >= 4 is 44.0 Å². The van der Waals surface area contributed by atoms with Crippen molar-refractivity contribution in [1.29, 1.82) is 0 Å². The average Bonchev–Trinajstić information content (AvgIpc) is 3.59. The highest BCUT2D eigenvalue weighted by atomic mass is 35.5. The lowest BCUT2D eigenvalue weighted by Crippen LogP contribution is -2.43. The lowest BCUT2D eigenvalue weighted by atomic mass is 9.90. The summed E-state index contributed by atoms with van der Waals surface area (Å²) < 4.78 is 27.2. The van der Waals surface area contributed by atoms with Gasteiger partial charge in [0.25, 0.3) is 0 Å². The van der Waals surface area contributed by atoms with Crippen LogP contribution in [0, 0.1) is 0 Å². The number of aromatic nitrogens is 1. The van der Waals surface area contributed by atoms with Crippen LogP contribution in [0.2, 0.25) is 5.02 Å². The Morgan fingerprint density at radius 1 is 1.13 bits per heavy atom. The highest BCUT2D eigenvalue weighted by Gasteiger charge is 2.44. The summed E-state index contributed by atoms with van der Waals surface area (Å²) >= 11 is 6.20. The largest absolute Gasteiger partial charge is 0.324 e. The summed E-state index contributed by atoms with van der Waals surface area (Å²) in [6.07, 6.45) is 4.72. The third-order valence-electron chi connectivity index (χ3n) is 5.76. The molecule has 1 fully saturated rings. The van der Waals surface area contributed by atoms with E-state index in [1.165, 1.54) is 4.31 Å². The van der Waals surface area contributed by atoms with E-state index in [2.05, 4.69) is 10.3 Å². The van der Waals surface area contributed by atoms with Crippen molar-refractivity contribution in [3.8, 4) is 0 Å². The number of rotatable bonds is 4. The number of nitrogens with one attached hydrogen (secondary N) is 1. The predicted octanol–water partition coefficient (Wildman–Crippen LogP) is 3.92. The number of carbonyl (C=O) groups is 1. The summed E-state index contributed by atoms with van der Waals surface area (Å²) in [5.74, 6) is -0.924. The van der Waals surface area contributed by atoms with Crippen LogP contribution >= 0.6 is 11.6 Å². The quantitative estimate of drug-likeness (QED) is 0.665. The number of halogens is 1. The minimum Gasteiger partial charge on any atom is -0.324 e. The normalized spacial score (nSPS) is 19.4. The number of pyridine rings is 1. The molecule has 2 aromatic carbocycles. The number of nitrogens with zero attached hydrogens (tertiary/aromatic N) is 2. The van der Waals surface area contributed by atoms with Crippen LogP contribution in [0.4, 0.5) is 5.69 Å². The van der Waals surface area contributed by atoms with E-state index in [0.717, 1.165) is 21.9 Å². The highest BCUT2D eigenvalue weighted by Crippen LogP contribution is 2.38. The molecule has 0 radical (unpaired) electrons. The summed E-state index contributed by atoms with van der Waals surface area (Å²) in [7, 11) is -3.41. The molecule has 1 aliphatic carbocycles. The zero-order valence-corrected chi connectivity index (χ0v) is 17.7. The molecule has 0 spiro atoms. The molecule has 1 atom stereocenters. The molecule has 2 aliphatic rings. The molecule has 6 nitrogen and oxygen atoms in total. The SMILES string of the molecule is O=C(Nc1cncc2ccccc12)C1CN(S(=O)(=O)C2CC2)Cc2ccc(Cl)cc21. The Labute approximate surface area is 179 Å². The van der Waals surface area contributed by atoms with Crippen molar-refractivity contribution in [1.82, 2.24) is 9.29 Å². The molecule has 1 saturated carbocycles. The molecule has 1 N–H and O–H groups in total. The first kappa shape index (κ1) is 19.5. The van der Waals surface area contributed by atoms with Gasteiger partial charge in [-0.25, -0.2) is 8.42 Å². The maximum Gasteiger partial charge on any atom is 0.233 e. The van der Waals surface area contributed by atoms with Gasteiger partial charge in [-0.05, 0) is 36.1 Å². The number of sulfonamides is 1. The second-order valence-corrected chi connectivity index (χ2v) is 10.5. The molecule has 8 heteroatoms. The Morgan fingerprint density at radius 2 is 1.93 bits per heavy atom. The van der Waals surface area contributed by atoms with Crippen LogP contribution in [0.3, 0.4) is 0 Å². The van der Waals surface area contributed by atoms with E-state index >= 15 is 0 Å². The lowest BCUT2D eigenvalue weighted by Gasteiger charge is -2.33. The topological polar surface area (TPSA) is 79.4 Å². The van der Waals surface area contributed by atoms with E-state index in [-0.39, 0.29) is 24.2 Å². The third kappa shape index (κ3) is 3.47. The van der Waals surface area contributed by atoms with Crippen LogP contribution in [0.15, 0.2) is 54.9 Å². The monoisotopic (exact) mass is 441 g/mol. The molecular weight excluding hydrogens is 422 g/mol. The molecule has 154 valence electrons. The molecule has 0 saturated heterocycles. The first-order chi connectivity index (χ1) is 14.4. The van der Waals surface area contributed by atoms with E-state index in [1.807, 2.05) is 30.3 Å². The Balaban J connectivity index is 1.51. The molecule has 3 aromatic rings. The van der Waals surface area contributed by atoms with E-state index < -0.39 is 15.9 Å². The number of hydrogen-bond acceptors (Lipinski definition) is 4. The van der Waals surface area contributed by atoms with E-state index in [9.17, 15) is 13.2 Å². The van der Waals surface area contributed by atoms with Gasteiger partial charge in [-0.3, -0.25) is 9.78 Å². The van der Waals surface area contributed by atoms with Gasteiger partial charge in [-0.15, -0.1) is 0 Å². The Morgan fingerprint density at radius 3 is 2.73 bits per heavy atom. The summed E-state index contributed by atoms with van der Waals surface area (Å²) in [5, 5.41) is 4.97. The van der Waals surface area contributed by atoms with E-state index in [1.54, 1.807) is 24.5 Å².